The highest BCUT2D eigenvalue weighted by molar-refractivity contribution is 5.82. The van der Waals surface area contributed by atoms with E-state index in [1.807, 2.05) is 19.1 Å². The van der Waals surface area contributed by atoms with Crippen molar-refractivity contribution in [3.63, 3.8) is 0 Å². The number of carbonyl (C=O) groups excluding carboxylic acids is 2. The summed E-state index contributed by atoms with van der Waals surface area (Å²) in [5.41, 5.74) is 5.36. The van der Waals surface area contributed by atoms with Crippen molar-refractivity contribution in [3.8, 4) is 0 Å². The quantitative estimate of drug-likeness (QED) is 0.101. The van der Waals surface area contributed by atoms with Gasteiger partial charge in [0.2, 0.25) is 5.91 Å². The maximum atomic E-state index is 12.0. The second-order valence-electron chi connectivity index (χ2n) is 9.29. The van der Waals surface area contributed by atoms with Gasteiger partial charge in [-0.3, -0.25) is 4.79 Å². The van der Waals surface area contributed by atoms with Crippen LogP contribution in [0.15, 0.2) is 23.8 Å². The second-order valence-corrected chi connectivity index (χ2v) is 9.29. The average Bonchev–Trinajstić information content (AvgIpc) is 2.77. The summed E-state index contributed by atoms with van der Waals surface area (Å²) < 4.78 is 10.8. The zero-order valence-electron chi connectivity index (χ0n) is 20.6. The Morgan fingerprint density at radius 1 is 1.09 bits per heavy atom. The summed E-state index contributed by atoms with van der Waals surface area (Å²) in [5, 5.41) is 41.1. The molecule has 0 aromatic rings. The highest BCUT2D eigenvalue weighted by atomic mass is 16.5. The highest BCUT2D eigenvalue weighted by Gasteiger charge is 2.41. The van der Waals surface area contributed by atoms with Gasteiger partial charge in [-0.25, -0.2) is 4.79 Å². The van der Waals surface area contributed by atoms with Gasteiger partial charge in [0.15, 0.2) is 0 Å². The number of unbranched alkanes of at least 4 members (excludes halogenated alkanes) is 4. The molecule has 7 unspecified atom stereocenters. The minimum atomic E-state index is -1.31. The molecule has 9 heteroatoms. The van der Waals surface area contributed by atoms with E-state index >= 15 is 0 Å². The molecule has 0 aliphatic carbocycles. The molecule has 6 N–H and O–H groups in total. The first kappa shape index (κ1) is 30.3. The van der Waals surface area contributed by atoms with E-state index in [1.165, 1.54) is 6.08 Å². The third kappa shape index (κ3) is 11.1. The monoisotopic (exact) mass is 485 g/mol. The van der Waals surface area contributed by atoms with Gasteiger partial charge in [-0.05, 0) is 44.6 Å². The van der Waals surface area contributed by atoms with Crippen LogP contribution in [0.25, 0.3) is 0 Å². The Labute approximate surface area is 202 Å². The molecule has 1 saturated heterocycles. The summed E-state index contributed by atoms with van der Waals surface area (Å²) in [7, 11) is 0. The third-order valence-electron chi connectivity index (χ3n) is 6.25. The summed E-state index contributed by atoms with van der Waals surface area (Å²) >= 11 is 0. The van der Waals surface area contributed by atoms with Crippen LogP contribution in [0, 0.1) is 11.8 Å². The summed E-state index contributed by atoms with van der Waals surface area (Å²) in [6.45, 7) is 5.51. The number of nitrogens with two attached hydrogens (primary N) is 1. The number of carbonyl (C=O) groups is 2. The molecule has 0 saturated carbocycles. The Kier molecular flexibility index (Phi) is 14.2. The molecular weight excluding hydrogens is 442 g/mol. The van der Waals surface area contributed by atoms with E-state index in [0.717, 1.165) is 25.7 Å². The topological polar surface area (TPSA) is 160 Å². The van der Waals surface area contributed by atoms with E-state index in [2.05, 4.69) is 0 Å². The molecule has 0 bridgehead atoms. The van der Waals surface area contributed by atoms with Crippen molar-refractivity contribution in [2.75, 3.05) is 13.2 Å². The van der Waals surface area contributed by atoms with Crippen molar-refractivity contribution in [2.24, 2.45) is 17.6 Å². The lowest BCUT2D eigenvalue weighted by Crippen LogP contribution is -2.54. The predicted molar refractivity (Wildman–Crippen MR) is 127 cm³/mol. The van der Waals surface area contributed by atoms with Crippen molar-refractivity contribution in [1.82, 2.24) is 0 Å². The average molecular weight is 486 g/mol. The number of amides is 1. The zero-order chi connectivity index (χ0) is 25.7. The molecule has 0 aromatic heterocycles. The van der Waals surface area contributed by atoms with Gasteiger partial charge in [0, 0.05) is 18.4 Å². The number of rotatable bonds is 15. The van der Waals surface area contributed by atoms with Gasteiger partial charge in [-0.15, -0.1) is 0 Å². The van der Waals surface area contributed by atoms with Gasteiger partial charge < -0.3 is 35.6 Å². The first-order valence-electron chi connectivity index (χ1n) is 12.2. The van der Waals surface area contributed by atoms with E-state index in [4.69, 9.17) is 15.2 Å². The smallest absolute Gasteiger partial charge is 0.330 e. The van der Waals surface area contributed by atoms with Crippen LogP contribution in [0.3, 0.4) is 0 Å². The maximum absolute atomic E-state index is 12.0. The van der Waals surface area contributed by atoms with Gasteiger partial charge in [-0.1, -0.05) is 38.3 Å². The normalized spacial score (nSPS) is 26.3. The number of hydrogen-bond donors (Lipinski definition) is 5. The molecule has 196 valence electrons. The summed E-state index contributed by atoms with van der Waals surface area (Å²) in [4.78, 5) is 22.7. The number of esters is 1. The van der Waals surface area contributed by atoms with Gasteiger partial charge in [-0.2, -0.15) is 0 Å². The van der Waals surface area contributed by atoms with Gasteiger partial charge in [0.05, 0.1) is 25.4 Å². The minimum Gasteiger partial charge on any atom is -0.463 e. The third-order valence-corrected chi connectivity index (χ3v) is 6.25. The van der Waals surface area contributed by atoms with Crippen molar-refractivity contribution in [1.29, 1.82) is 0 Å². The van der Waals surface area contributed by atoms with E-state index < -0.39 is 36.5 Å². The number of hydrogen-bond acceptors (Lipinski definition) is 8. The number of aliphatic hydroxyl groups is 4. The van der Waals surface area contributed by atoms with Crippen molar-refractivity contribution in [3.05, 3.63) is 23.8 Å². The predicted octanol–water partition coefficient (Wildman–Crippen LogP) is 1.36. The standard InChI is InChI=1S/C25H43NO8/c1-16(18(3)27)10-9-11-19-15-34-25(24(32)23(19)31)22(30)17(2)14-21(29)33-13-8-6-4-5-7-12-20(26)28/h9-10,14,16,18-19,22-25,27,30-32H,4-8,11-13,15H2,1-3H3,(H2,26,28)/b10-9+,17-14+. The number of primary amides is 1. The van der Waals surface area contributed by atoms with Gasteiger partial charge >= 0.3 is 5.97 Å². The Hall–Kier alpha value is -1.78. The second kappa shape index (κ2) is 16.0. The minimum absolute atomic E-state index is 0.0260. The molecule has 1 rings (SSSR count). The van der Waals surface area contributed by atoms with Crippen LogP contribution in [0.5, 0.6) is 0 Å². The molecule has 0 aromatic carbocycles. The lowest BCUT2D eigenvalue weighted by atomic mass is 9.86. The van der Waals surface area contributed by atoms with E-state index in [-0.39, 0.29) is 36.5 Å². The van der Waals surface area contributed by atoms with E-state index in [0.29, 0.717) is 19.3 Å². The first-order valence-corrected chi connectivity index (χ1v) is 12.2. The largest absolute Gasteiger partial charge is 0.463 e. The Balaban J connectivity index is 2.41. The fourth-order valence-corrected chi connectivity index (χ4v) is 3.70. The lowest BCUT2D eigenvalue weighted by molar-refractivity contribution is -0.187. The Morgan fingerprint density at radius 3 is 2.38 bits per heavy atom. The molecule has 9 nitrogen and oxygen atoms in total. The summed E-state index contributed by atoms with van der Waals surface area (Å²) in [5.74, 6) is -1.26. The van der Waals surface area contributed by atoms with Crippen LogP contribution >= 0.6 is 0 Å². The lowest BCUT2D eigenvalue weighted by Gasteiger charge is -2.39. The zero-order valence-corrected chi connectivity index (χ0v) is 20.6. The molecular formula is C25H43NO8. The molecule has 1 fully saturated rings. The molecule has 1 amide bonds. The molecule has 0 radical (unpaired) electrons. The Bertz CT molecular complexity index is 678. The first-order chi connectivity index (χ1) is 16.0. The van der Waals surface area contributed by atoms with Crippen LogP contribution in [0.2, 0.25) is 0 Å². The van der Waals surface area contributed by atoms with Crippen LogP contribution in [-0.4, -0.2) is 76.0 Å². The van der Waals surface area contributed by atoms with Crippen molar-refractivity contribution in [2.45, 2.75) is 96.2 Å². The Morgan fingerprint density at radius 2 is 1.74 bits per heavy atom. The molecule has 0 spiro atoms. The molecule has 1 aliphatic rings. The van der Waals surface area contributed by atoms with Crippen molar-refractivity contribution >= 4 is 11.9 Å². The van der Waals surface area contributed by atoms with Crippen LogP contribution in [0.1, 0.15) is 65.7 Å². The molecule has 34 heavy (non-hydrogen) atoms. The van der Waals surface area contributed by atoms with Crippen LogP contribution < -0.4 is 5.73 Å². The summed E-state index contributed by atoms with van der Waals surface area (Å²) in [6, 6.07) is 0. The SMILES string of the molecule is C/C(=C\C(=O)OCCCCCCCC(N)=O)C(O)C1OCC(C/C=C/C(C)C(C)O)C(O)C1O. The van der Waals surface area contributed by atoms with E-state index in [9.17, 15) is 30.0 Å². The fraction of sp³-hybridized carbons (Fsp3) is 0.760. The van der Waals surface area contributed by atoms with E-state index in [1.54, 1.807) is 13.8 Å². The maximum Gasteiger partial charge on any atom is 0.330 e. The fourth-order valence-electron chi connectivity index (χ4n) is 3.70. The summed E-state index contributed by atoms with van der Waals surface area (Å²) in [6.07, 6.45) is 4.66. The highest BCUT2D eigenvalue weighted by Crippen LogP contribution is 2.27. The van der Waals surface area contributed by atoms with Gasteiger partial charge in [0.25, 0.3) is 0 Å². The molecule has 1 heterocycles. The van der Waals surface area contributed by atoms with Crippen molar-refractivity contribution < 1.29 is 39.5 Å². The number of allylic oxidation sites excluding steroid dienone is 1. The number of aliphatic hydroxyl groups excluding tert-OH is 4. The molecule has 1 aliphatic heterocycles. The van der Waals surface area contributed by atoms with Crippen LogP contribution in [-0.2, 0) is 19.1 Å². The van der Waals surface area contributed by atoms with Gasteiger partial charge in [0.1, 0.15) is 18.3 Å². The van der Waals surface area contributed by atoms with Crippen LogP contribution in [0.4, 0.5) is 0 Å². The number of ether oxygens (including phenoxy) is 2. The molecule has 7 atom stereocenters.